The van der Waals surface area contributed by atoms with Gasteiger partial charge in [0.25, 0.3) is 0 Å². The molecule has 3 rings (SSSR count). The van der Waals surface area contributed by atoms with Crippen molar-refractivity contribution in [2.45, 2.75) is 69.1 Å². The second kappa shape index (κ2) is 4.82. The molecule has 0 unspecified atom stereocenters. The van der Waals surface area contributed by atoms with E-state index in [1.165, 1.54) is 0 Å². The lowest BCUT2D eigenvalue weighted by molar-refractivity contribution is -0.128. The summed E-state index contributed by atoms with van der Waals surface area (Å²) in [5.41, 5.74) is -0.131. The van der Waals surface area contributed by atoms with Gasteiger partial charge in [0, 0.05) is 12.1 Å². The summed E-state index contributed by atoms with van der Waals surface area (Å²) in [5.74, 6) is 0.220. The lowest BCUT2D eigenvalue weighted by Crippen LogP contribution is -2.50. The average molecular weight is 253 g/mol. The second-order valence-corrected chi connectivity index (χ2v) is 6.17. The summed E-state index contributed by atoms with van der Waals surface area (Å²) >= 11 is 0. The molecule has 2 saturated heterocycles. The van der Waals surface area contributed by atoms with Crippen molar-refractivity contribution in [3.63, 3.8) is 0 Å². The molecule has 0 spiro atoms. The van der Waals surface area contributed by atoms with Crippen molar-refractivity contribution < 1.29 is 14.6 Å². The Morgan fingerprint density at radius 3 is 2.67 bits per heavy atom. The summed E-state index contributed by atoms with van der Waals surface area (Å²) < 4.78 is 5.75. The molecule has 3 aliphatic rings. The summed E-state index contributed by atoms with van der Waals surface area (Å²) in [6.07, 6.45) is 8.58. The van der Waals surface area contributed by atoms with Gasteiger partial charge in [-0.05, 0) is 38.5 Å². The van der Waals surface area contributed by atoms with Gasteiger partial charge in [0.15, 0.2) is 0 Å². The van der Waals surface area contributed by atoms with E-state index in [1.54, 1.807) is 0 Å². The minimum Gasteiger partial charge on any atom is -0.396 e. The number of carbonyl (C=O) groups is 1. The first-order chi connectivity index (χ1) is 8.72. The van der Waals surface area contributed by atoms with Crippen LogP contribution in [0.25, 0.3) is 0 Å². The molecule has 2 aliphatic heterocycles. The van der Waals surface area contributed by atoms with Crippen molar-refractivity contribution in [1.29, 1.82) is 0 Å². The Bertz CT molecular complexity index is 325. The molecule has 102 valence electrons. The van der Waals surface area contributed by atoms with Crippen molar-refractivity contribution in [2.75, 3.05) is 6.61 Å². The summed E-state index contributed by atoms with van der Waals surface area (Å²) in [7, 11) is 0. The molecule has 2 N–H and O–H groups in total. The second-order valence-electron chi connectivity index (χ2n) is 6.17. The molecule has 1 amide bonds. The summed E-state index contributed by atoms with van der Waals surface area (Å²) in [5, 5.41) is 12.4. The van der Waals surface area contributed by atoms with Crippen LogP contribution >= 0.6 is 0 Å². The van der Waals surface area contributed by atoms with Crippen LogP contribution in [0.3, 0.4) is 0 Å². The van der Waals surface area contributed by atoms with E-state index in [0.717, 1.165) is 44.9 Å². The number of rotatable bonds is 4. The summed E-state index contributed by atoms with van der Waals surface area (Å²) in [6.45, 7) is 0.160. The number of hydrogen-bond donors (Lipinski definition) is 2. The molecule has 0 aromatic heterocycles. The fourth-order valence-corrected chi connectivity index (χ4v) is 3.97. The maximum atomic E-state index is 12.4. The lowest BCUT2D eigenvalue weighted by Gasteiger charge is -2.32. The average Bonchev–Trinajstić information content (AvgIpc) is 3.04. The van der Waals surface area contributed by atoms with E-state index in [2.05, 4.69) is 5.32 Å². The molecule has 0 aromatic rings. The van der Waals surface area contributed by atoms with Crippen LogP contribution in [0.5, 0.6) is 0 Å². The van der Waals surface area contributed by atoms with Gasteiger partial charge in [-0.25, -0.2) is 0 Å². The van der Waals surface area contributed by atoms with Crippen molar-refractivity contribution in [1.82, 2.24) is 5.32 Å². The van der Waals surface area contributed by atoms with Gasteiger partial charge >= 0.3 is 0 Å². The Morgan fingerprint density at radius 2 is 2.11 bits per heavy atom. The Morgan fingerprint density at radius 1 is 1.33 bits per heavy atom. The highest BCUT2D eigenvalue weighted by atomic mass is 16.5. The molecule has 0 radical (unpaired) electrons. The van der Waals surface area contributed by atoms with Crippen LogP contribution in [-0.4, -0.2) is 35.4 Å². The number of fused-ring (bicyclic) bond motifs is 2. The predicted octanol–water partition coefficient (Wildman–Crippen LogP) is 1.37. The quantitative estimate of drug-likeness (QED) is 0.795. The molecule has 1 saturated carbocycles. The molecular weight excluding hydrogens is 230 g/mol. The van der Waals surface area contributed by atoms with Gasteiger partial charge in [-0.1, -0.05) is 12.8 Å². The smallest absolute Gasteiger partial charge is 0.226 e. The zero-order valence-electron chi connectivity index (χ0n) is 10.9. The third-order valence-corrected chi connectivity index (χ3v) is 4.98. The van der Waals surface area contributed by atoms with Gasteiger partial charge in [-0.3, -0.25) is 4.79 Å². The molecule has 1 aliphatic carbocycles. The van der Waals surface area contributed by atoms with Gasteiger partial charge in [0.2, 0.25) is 5.91 Å². The molecule has 3 fully saturated rings. The summed E-state index contributed by atoms with van der Waals surface area (Å²) in [4.78, 5) is 12.4. The van der Waals surface area contributed by atoms with Crippen LogP contribution < -0.4 is 5.32 Å². The van der Waals surface area contributed by atoms with E-state index >= 15 is 0 Å². The van der Waals surface area contributed by atoms with Crippen LogP contribution in [0, 0.1) is 5.92 Å². The highest BCUT2D eigenvalue weighted by molar-refractivity contribution is 5.80. The van der Waals surface area contributed by atoms with Crippen molar-refractivity contribution in [2.24, 2.45) is 5.92 Å². The van der Waals surface area contributed by atoms with Crippen LogP contribution in [0.15, 0.2) is 0 Å². The van der Waals surface area contributed by atoms with Crippen LogP contribution in [0.1, 0.15) is 51.4 Å². The number of aliphatic hydroxyl groups excluding tert-OH is 1. The topological polar surface area (TPSA) is 58.6 Å². The van der Waals surface area contributed by atoms with Crippen molar-refractivity contribution in [3.05, 3.63) is 0 Å². The third kappa shape index (κ3) is 2.16. The molecule has 0 aromatic carbocycles. The fraction of sp³-hybridized carbons (Fsp3) is 0.929. The Labute approximate surface area is 108 Å². The molecular formula is C14H23NO3. The van der Waals surface area contributed by atoms with E-state index < -0.39 is 0 Å². The molecule has 2 heterocycles. The van der Waals surface area contributed by atoms with Crippen molar-refractivity contribution >= 4 is 5.91 Å². The van der Waals surface area contributed by atoms with E-state index in [0.29, 0.717) is 12.5 Å². The van der Waals surface area contributed by atoms with Crippen molar-refractivity contribution in [3.8, 4) is 0 Å². The van der Waals surface area contributed by atoms with Gasteiger partial charge in [-0.2, -0.15) is 0 Å². The number of carbonyl (C=O) groups excluding carboxylic acids is 1. The van der Waals surface area contributed by atoms with Gasteiger partial charge in [0.05, 0.1) is 18.1 Å². The first-order valence-electron chi connectivity index (χ1n) is 7.31. The molecule has 2 bridgehead atoms. The number of aliphatic hydroxyl groups is 1. The first-order valence-corrected chi connectivity index (χ1v) is 7.31. The minimum absolute atomic E-state index is 0.0555. The highest BCUT2D eigenvalue weighted by Gasteiger charge is 2.46. The molecule has 4 nitrogen and oxygen atoms in total. The first kappa shape index (κ1) is 12.4. The summed E-state index contributed by atoms with van der Waals surface area (Å²) in [6, 6.07) is 0. The zero-order chi connectivity index (χ0) is 12.6. The van der Waals surface area contributed by atoms with Crippen LogP contribution in [-0.2, 0) is 9.53 Å². The van der Waals surface area contributed by atoms with E-state index in [-0.39, 0.29) is 30.1 Å². The molecule has 3 atom stereocenters. The number of ether oxygens (including phenoxy) is 1. The van der Waals surface area contributed by atoms with Gasteiger partial charge in [0.1, 0.15) is 0 Å². The van der Waals surface area contributed by atoms with Gasteiger partial charge in [-0.15, -0.1) is 0 Å². The van der Waals surface area contributed by atoms with E-state index in [9.17, 15) is 9.90 Å². The fourth-order valence-electron chi connectivity index (χ4n) is 3.97. The SMILES string of the molecule is O=C(NC1(CCO)CCCC1)[C@@H]1C[C@H]2CC[C@@H]1O2. The Hall–Kier alpha value is -0.610. The zero-order valence-corrected chi connectivity index (χ0v) is 10.9. The maximum Gasteiger partial charge on any atom is 0.226 e. The number of amides is 1. The van der Waals surface area contributed by atoms with Crippen LogP contribution in [0.4, 0.5) is 0 Å². The van der Waals surface area contributed by atoms with E-state index in [4.69, 9.17) is 4.74 Å². The molecule has 18 heavy (non-hydrogen) atoms. The number of nitrogens with one attached hydrogen (secondary N) is 1. The lowest BCUT2D eigenvalue weighted by atomic mass is 9.86. The predicted molar refractivity (Wildman–Crippen MR) is 67.0 cm³/mol. The van der Waals surface area contributed by atoms with Gasteiger partial charge < -0.3 is 15.2 Å². The Kier molecular flexibility index (Phi) is 3.32. The van der Waals surface area contributed by atoms with Crippen LogP contribution in [0.2, 0.25) is 0 Å². The minimum atomic E-state index is -0.131. The molecule has 4 heteroatoms. The largest absolute Gasteiger partial charge is 0.396 e. The standard InChI is InChI=1S/C14H23NO3/c16-8-7-14(5-1-2-6-14)15-13(17)11-9-10-3-4-12(11)18-10/h10-12,16H,1-9H2,(H,15,17)/t10-,11-,12+/m1/s1. The Balaban J connectivity index is 1.62. The number of hydrogen-bond acceptors (Lipinski definition) is 3. The highest BCUT2D eigenvalue weighted by Crippen LogP contribution is 2.40. The normalized spacial score (nSPS) is 37.1. The van der Waals surface area contributed by atoms with E-state index in [1.807, 2.05) is 0 Å². The maximum absolute atomic E-state index is 12.4. The third-order valence-electron chi connectivity index (χ3n) is 4.98. The monoisotopic (exact) mass is 253 g/mol.